The Morgan fingerprint density at radius 3 is 2.30 bits per heavy atom. The maximum Gasteiger partial charge on any atom is 1.00 e. The molecule has 0 amide bonds. The number of carbonyl (C=O) groups is 1. The number of carboxylic acid groups (broad SMARTS) is 1. The summed E-state index contributed by atoms with van der Waals surface area (Å²) in [7, 11) is 0. The molecule has 0 radical (unpaired) electrons. The van der Waals surface area contributed by atoms with Gasteiger partial charge in [0.1, 0.15) is 11.6 Å². The summed E-state index contributed by atoms with van der Waals surface area (Å²) in [6.07, 6.45) is 0. The van der Waals surface area contributed by atoms with Crippen molar-refractivity contribution in [2.75, 3.05) is 0 Å². The summed E-state index contributed by atoms with van der Waals surface area (Å²) in [5.74, 6) is -3.32. The van der Waals surface area contributed by atoms with Gasteiger partial charge >= 0.3 is 59.1 Å². The number of benzene rings is 2. The molecule has 2 heterocycles. The molecule has 2 aromatic carbocycles. The second-order valence-electron chi connectivity index (χ2n) is 6.16. The summed E-state index contributed by atoms with van der Waals surface area (Å²) < 4.78 is 28.6. The zero-order chi connectivity index (χ0) is 20.0. The average Bonchev–Trinajstić information content (AvgIpc) is 2.98. The summed E-state index contributed by atoms with van der Waals surface area (Å²) in [5.41, 5.74) is 1.59. The van der Waals surface area contributed by atoms with Crippen molar-refractivity contribution in [1.82, 2.24) is 14.6 Å². The molecule has 30 heavy (non-hydrogen) atoms. The smallest absolute Gasteiger partial charge is 0.858 e. The van der Waals surface area contributed by atoms with Crippen LogP contribution in [0.5, 0.6) is 5.88 Å². The van der Waals surface area contributed by atoms with Crippen LogP contribution in [0, 0.1) is 18.6 Å². The van der Waals surface area contributed by atoms with E-state index >= 15 is 0 Å². The van der Waals surface area contributed by atoms with Gasteiger partial charge in [0.15, 0.2) is 5.65 Å². The third kappa shape index (κ3) is 4.44. The standard InChI is InChI=1S/C20H13F2N3O3.2Na/c1-10-18(14-7-6-13(21)8-15(14)22)19-23-16(9-17(26)25(19)24-10)11-2-4-12(5-3-11)20(27)28;;/h2-9,26H,1H3,(H,27,28);;/q;2*+1/p-2. The molecule has 4 rings (SSSR count). The third-order valence-corrected chi connectivity index (χ3v) is 4.35. The van der Waals surface area contributed by atoms with E-state index in [1.807, 2.05) is 0 Å². The fourth-order valence-electron chi connectivity index (χ4n) is 3.03. The Bertz CT molecular complexity index is 1240. The summed E-state index contributed by atoms with van der Waals surface area (Å²) >= 11 is 0. The summed E-state index contributed by atoms with van der Waals surface area (Å²) in [4.78, 5) is 15.3. The second-order valence-corrected chi connectivity index (χ2v) is 6.16. The van der Waals surface area contributed by atoms with Crippen LogP contribution in [0.1, 0.15) is 16.1 Å². The van der Waals surface area contributed by atoms with Crippen LogP contribution in [-0.4, -0.2) is 20.6 Å². The van der Waals surface area contributed by atoms with Crippen LogP contribution in [0.15, 0.2) is 48.5 Å². The fraction of sp³-hybridized carbons (Fsp3) is 0.0500. The van der Waals surface area contributed by atoms with Gasteiger partial charge in [0.2, 0.25) is 0 Å². The normalized spacial score (nSPS) is 10.4. The first-order valence-corrected chi connectivity index (χ1v) is 8.20. The maximum atomic E-state index is 14.3. The largest absolute Gasteiger partial charge is 1.00 e. The van der Waals surface area contributed by atoms with Crippen LogP contribution in [-0.2, 0) is 0 Å². The number of rotatable bonds is 3. The minimum Gasteiger partial charge on any atom is -0.858 e. The molecular weight excluding hydrogens is 414 g/mol. The number of carboxylic acids is 1. The molecule has 0 aliphatic rings. The van der Waals surface area contributed by atoms with Gasteiger partial charge in [0.25, 0.3) is 0 Å². The van der Waals surface area contributed by atoms with E-state index in [0.717, 1.165) is 16.6 Å². The molecule has 0 saturated heterocycles. The zero-order valence-corrected chi connectivity index (χ0v) is 20.4. The van der Waals surface area contributed by atoms with Gasteiger partial charge in [-0.15, -0.1) is 0 Å². The molecule has 4 aromatic rings. The number of aromatic carboxylic acids is 1. The van der Waals surface area contributed by atoms with E-state index in [-0.39, 0.29) is 87.1 Å². The molecule has 6 nitrogen and oxygen atoms in total. The van der Waals surface area contributed by atoms with E-state index < -0.39 is 23.5 Å². The van der Waals surface area contributed by atoms with Crippen molar-refractivity contribution in [2.45, 2.75) is 6.92 Å². The molecule has 0 saturated carbocycles. The Labute approximate surface area is 214 Å². The van der Waals surface area contributed by atoms with Crippen LogP contribution >= 0.6 is 0 Å². The van der Waals surface area contributed by atoms with Gasteiger partial charge in [-0.25, -0.2) is 18.3 Å². The van der Waals surface area contributed by atoms with Crippen molar-refractivity contribution >= 4 is 11.6 Å². The van der Waals surface area contributed by atoms with Crippen molar-refractivity contribution in [3.63, 3.8) is 0 Å². The first kappa shape index (κ1) is 24.5. The predicted octanol–water partition coefficient (Wildman–Crippen LogP) is -3.90. The van der Waals surface area contributed by atoms with Crippen molar-refractivity contribution in [3.8, 4) is 28.3 Å². The van der Waals surface area contributed by atoms with Crippen molar-refractivity contribution < 1.29 is 82.9 Å². The Morgan fingerprint density at radius 1 is 1.03 bits per heavy atom. The van der Waals surface area contributed by atoms with Crippen molar-refractivity contribution in [1.29, 1.82) is 0 Å². The number of carbonyl (C=O) groups excluding carboxylic acids is 1. The number of hydrogen-bond donors (Lipinski definition) is 0. The molecule has 0 atom stereocenters. The van der Waals surface area contributed by atoms with Gasteiger partial charge in [-0.3, -0.25) is 0 Å². The molecule has 10 heteroatoms. The number of nitrogens with zero attached hydrogens (tertiary/aromatic N) is 3. The first-order chi connectivity index (χ1) is 13.3. The Kier molecular flexibility index (Phi) is 7.79. The second kappa shape index (κ2) is 9.55. The number of hydrogen-bond acceptors (Lipinski definition) is 5. The first-order valence-electron chi connectivity index (χ1n) is 8.20. The number of aromatic nitrogens is 3. The van der Waals surface area contributed by atoms with E-state index in [9.17, 15) is 23.8 Å². The predicted molar refractivity (Wildman–Crippen MR) is 92.3 cm³/mol. The van der Waals surface area contributed by atoms with Crippen LogP contribution < -0.4 is 69.3 Å². The van der Waals surface area contributed by atoms with Crippen molar-refractivity contribution in [3.05, 3.63) is 71.4 Å². The molecule has 2 aromatic heterocycles. The van der Waals surface area contributed by atoms with Crippen LogP contribution in [0.3, 0.4) is 0 Å². The van der Waals surface area contributed by atoms with E-state index in [2.05, 4.69) is 10.1 Å². The molecule has 0 aliphatic carbocycles. The topological polar surface area (TPSA) is 93.4 Å². The minimum atomic E-state index is -1.32. The van der Waals surface area contributed by atoms with Gasteiger partial charge in [-0.1, -0.05) is 24.3 Å². The average molecular weight is 425 g/mol. The van der Waals surface area contributed by atoms with Crippen LogP contribution in [0.4, 0.5) is 8.78 Å². The van der Waals surface area contributed by atoms with E-state index in [1.54, 1.807) is 6.92 Å². The fourth-order valence-corrected chi connectivity index (χ4v) is 3.03. The summed E-state index contributed by atoms with van der Waals surface area (Å²) in [6.45, 7) is 1.60. The van der Waals surface area contributed by atoms with Crippen LogP contribution in [0.2, 0.25) is 0 Å². The molecule has 0 spiro atoms. The maximum absolute atomic E-state index is 14.3. The van der Waals surface area contributed by atoms with E-state index in [0.29, 0.717) is 11.3 Å². The number of aryl methyl sites for hydroxylation is 1. The zero-order valence-electron chi connectivity index (χ0n) is 16.4. The molecule has 0 unspecified atom stereocenters. The van der Waals surface area contributed by atoms with Gasteiger partial charge in [-0.2, -0.15) is 5.10 Å². The summed E-state index contributed by atoms with van der Waals surface area (Å²) in [5, 5.41) is 27.5. The SMILES string of the molecule is Cc1nn2c([O-])cc(-c3ccc(C(=O)[O-])cc3)nc2c1-c1ccc(F)cc1F.[Na+].[Na+]. The monoisotopic (exact) mass is 425 g/mol. The third-order valence-electron chi connectivity index (χ3n) is 4.35. The molecule has 0 fully saturated rings. The Morgan fingerprint density at radius 2 is 1.70 bits per heavy atom. The van der Waals surface area contributed by atoms with Gasteiger partial charge in [0.05, 0.1) is 22.9 Å². The molecule has 140 valence electrons. The van der Waals surface area contributed by atoms with E-state index in [1.165, 1.54) is 36.4 Å². The molecule has 0 bridgehead atoms. The quantitative estimate of drug-likeness (QED) is 0.313. The van der Waals surface area contributed by atoms with E-state index in [4.69, 9.17) is 0 Å². The van der Waals surface area contributed by atoms with Gasteiger partial charge < -0.3 is 15.0 Å². The van der Waals surface area contributed by atoms with Gasteiger partial charge in [0, 0.05) is 17.2 Å². The minimum absolute atomic E-state index is 0. The Balaban J connectivity index is 0.00000160. The number of fused-ring (bicyclic) bond motifs is 1. The van der Waals surface area contributed by atoms with Gasteiger partial charge in [-0.05, 0) is 36.6 Å². The molecule has 0 N–H and O–H groups in total. The van der Waals surface area contributed by atoms with Crippen LogP contribution in [0.25, 0.3) is 28.0 Å². The van der Waals surface area contributed by atoms with Crippen molar-refractivity contribution in [2.24, 2.45) is 0 Å². The number of halogens is 2. The molecular formula is C20H11F2N3Na2O3. The summed E-state index contributed by atoms with van der Waals surface area (Å²) in [6, 6.07) is 10.0. The Hall–Kier alpha value is -1.81. The molecule has 0 aliphatic heterocycles.